The van der Waals surface area contributed by atoms with Crippen molar-refractivity contribution in [2.75, 3.05) is 19.6 Å². The van der Waals surface area contributed by atoms with E-state index in [1.807, 2.05) is 24.3 Å². The number of aromatic nitrogens is 1. The topological polar surface area (TPSA) is 37.3 Å². The Morgan fingerprint density at radius 1 is 1.28 bits per heavy atom. The third kappa shape index (κ3) is 4.85. The molecule has 0 spiro atoms. The van der Waals surface area contributed by atoms with Gasteiger partial charge in [-0.25, -0.2) is 0 Å². The van der Waals surface area contributed by atoms with E-state index in [9.17, 15) is 4.79 Å². The van der Waals surface area contributed by atoms with Crippen molar-refractivity contribution in [3.63, 3.8) is 0 Å². The number of thiophene rings is 1. The number of amides is 1. The smallest absolute Gasteiger partial charge is 0.239 e. The number of nitrogens with one attached hydrogen (secondary N) is 1. The van der Waals surface area contributed by atoms with Crippen molar-refractivity contribution in [2.45, 2.75) is 45.2 Å². The van der Waals surface area contributed by atoms with Crippen LogP contribution in [0.4, 0.5) is 0 Å². The second-order valence-electron chi connectivity index (χ2n) is 7.88. The Labute approximate surface area is 181 Å². The Kier molecular flexibility index (Phi) is 6.58. The minimum atomic E-state index is 0.0574. The first-order valence-electron chi connectivity index (χ1n) is 10.5. The zero-order chi connectivity index (χ0) is 20.2. The molecule has 1 unspecified atom stereocenters. The van der Waals surface area contributed by atoms with Crippen molar-refractivity contribution in [1.29, 1.82) is 0 Å². The molecule has 1 fully saturated rings. The first-order chi connectivity index (χ1) is 14.1. The van der Waals surface area contributed by atoms with Crippen molar-refractivity contribution in [2.24, 2.45) is 0 Å². The summed E-state index contributed by atoms with van der Waals surface area (Å²) in [6.07, 6.45) is 4.93. The third-order valence-corrected chi connectivity index (χ3v) is 6.95. The molecule has 2 aromatic heterocycles. The van der Waals surface area contributed by atoms with Crippen LogP contribution in [-0.4, -0.2) is 41.1 Å². The molecule has 3 aromatic rings. The molecule has 0 saturated carbocycles. The van der Waals surface area contributed by atoms with E-state index < -0.39 is 0 Å². The molecule has 1 saturated heterocycles. The number of carbonyl (C=O) groups is 1. The lowest BCUT2D eigenvalue weighted by atomic mass is 10.0. The molecule has 0 radical (unpaired) electrons. The van der Waals surface area contributed by atoms with Crippen LogP contribution in [0.25, 0.3) is 21.5 Å². The number of halogens is 1. The van der Waals surface area contributed by atoms with E-state index >= 15 is 0 Å². The normalized spacial score (nSPS) is 17.7. The first kappa shape index (κ1) is 20.5. The van der Waals surface area contributed by atoms with Crippen molar-refractivity contribution in [1.82, 2.24) is 14.8 Å². The van der Waals surface area contributed by atoms with Gasteiger partial charge in [-0.3, -0.25) is 4.79 Å². The molecule has 1 atom stereocenters. The summed E-state index contributed by atoms with van der Waals surface area (Å²) < 4.78 is 2.10. The van der Waals surface area contributed by atoms with Gasteiger partial charge in [0.25, 0.3) is 0 Å². The van der Waals surface area contributed by atoms with E-state index in [0.717, 1.165) is 41.0 Å². The summed E-state index contributed by atoms with van der Waals surface area (Å²) in [6.45, 7) is 5.61. The summed E-state index contributed by atoms with van der Waals surface area (Å²) in [4.78, 5) is 16.4. The second kappa shape index (κ2) is 9.33. The van der Waals surface area contributed by atoms with Gasteiger partial charge >= 0.3 is 0 Å². The second-order valence-corrected chi connectivity index (χ2v) is 9.26. The largest absolute Gasteiger partial charge is 0.355 e. The number of piperidine rings is 1. The minimum Gasteiger partial charge on any atom is -0.355 e. The average Bonchev–Trinajstić information content (AvgIpc) is 3.34. The highest BCUT2D eigenvalue weighted by molar-refractivity contribution is 7.13. The molecule has 0 bridgehead atoms. The molecular formula is C23H28ClN3OS. The van der Waals surface area contributed by atoms with E-state index in [1.165, 1.54) is 25.8 Å². The number of rotatable bonds is 7. The minimum absolute atomic E-state index is 0.0574. The number of hydrogen-bond donors (Lipinski definition) is 1. The lowest BCUT2D eigenvalue weighted by molar-refractivity contribution is -0.121. The maximum absolute atomic E-state index is 12.7. The van der Waals surface area contributed by atoms with E-state index in [0.29, 0.717) is 17.6 Å². The third-order valence-electron chi connectivity index (χ3n) is 5.82. The summed E-state index contributed by atoms with van der Waals surface area (Å²) in [7, 11) is 0. The van der Waals surface area contributed by atoms with Crippen molar-refractivity contribution in [3.8, 4) is 10.6 Å². The molecule has 1 aromatic carbocycles. The molecule has 1 N–H and O–H groups in total. The highest BCUT2D eigenvalue weighted by Crippen LogP contribution is 2.32. The van der Waals surface area contributed by atoms with E-state index in [2.05, 4.69) is 39.2 Å². The summed E-state index contributed by atoms with van der Waals surface area (Å²) >= 11 is 7.86. The van der Waals surface area contributed by atoms with E-state index in [1.54, 1.807) is 11.3 Å². The Morgan fingerprint density at radius 3 is 2.97 bits per heavy atom. The predicted molar refractivity (Wildman–Crippen MR) is 123 cm³/mol. The van der Waals surface area contributed by atoms with E-state index in [4.69, 9.17) is 11.6 Å². The number of likely N-dealkylation sites (tertiary alicyclic amines) is 1. The highest BCUT2D eigenvalue weighted by Gasteiger charge is 2.18. The van der Waals surface area contributed by atoms with Crippen LogP contribution in [0.3, 0.4) is 0 Å². The lowest BCUT2D eigenvalue weighted by Gasteiger charge is -2.33. The quantitative estimate of drug-likeness (QED) is 0.510. The van der Waals surface area contributed by atoms with Crippen LogP contribution in [0, 0.1) is 0 Å². The van der Waals surface area contributed by atoms with Crippen LogP contribution in [0.2, 0.25) is 5.02 Å². The van der Waals surface area contributed by atoms with Gasteiger partial charge in [0.15, 0.2) is 0 Å². The highest BCUT2D eigenvalue weighted by atomic mass is 35.5. The van der Waals surface area contributed by atoms with Gasteiger partial charge in [0.2, 0.25) is 5.91 Å². The summed E-state index contributed by atoms with van der Waals surface area (Å²) in [6, 6.07) is 12.8. The number of nitrogens with zero attached hydrogens (tertiary/aromatic N) is 2. The standard InChI is InChI=1S/C23H28ClN3OS/c1-17-6-2-3-11-26(17)12-5-10-25-23(28)16-27-20-9-8-19(24)14-18(20)15-21(27)22-7-4-13-29-22/h4,7-9,13-15,17H,2-3,5-6,10-12,16H2,1H3,(H,25,28). The van der Waals surface area contributed by atoms with Crippen LogP contribution >= 0.6 is 22.9 Å². The maximum Gasteiger partial charge on any atom is 0.239 e. The molecule has 4 nitrogen and oxygen atoms in total. The fraction of sp³-hybridized carbons (Fsp3) is 0.435. The van der Waals surface area contributed by atoms with Crippen molar-refractivity contribution < 1.29 is 4.79 Å². The fourth-order valence-corrected chi connectivity index (χ4v) is 5.17. The Bertz CT molecular complexity index is 966. The number of benzene rings is 1. The van der Waals surface area contributed by atoms with Gasteiger partial charge in [0.05, 0.1) is 10.6 Å². The molecule has 3 heterocycles. The molecule has 1 aliphatic rings. The number of carbonyl (C=O) groups excluding carboxylic acids is 1. The van der Waals surface area contributed by atoms with Crippen molar-refractivity contribution >= 4 is 39.7 Å². The van der Waals surface area contributed by atoms with Gasteiger partial charge < -0.3 is 14.8 Å². The SMILES string of the molecule is CC1CCCCN1CCCNC(=O)Cn1c(-c2cccs2)cc2cc(Cl)ccc21. The maximum atomic E-state index is 12.7. The Balaban J connectivity index is 1.40. The van der Waals surface area contributed by atoms with E-state index in [-0.39, 0.29) is 5.91 Å². The number of fused-ring (bicyclic) bond motifs is 1. The van der Waals surface area contributed by atoms with Gasteiger partial charge in [-0.05, 0) is 68.4 Å². The zero-order valence-corrected chi connectivity index (χ0v) is 18.4. The van der Waals surface area contributed by atoms with Crippen LogP contribution in [-0.2, 0) is 11.3 Å². The number of hydrogen-bond acceptors (Lipinski definition) is 3. The molecular weight excluding hydrogens is 402 g/mol. The van der Waals surface area contributed by atoms with Gasteiger partial charge in [0, 0.05) is 35.1 Å². The monoisotopic (exact) mass is 429 g/mol. The summed E-state index contributed by atoms with van der Waals surface area (Å²) in [5.74, 6) is 0.0574. The molecule has 6 heteroatoms. The van der Waals surface area contributed by atoms with Gasteiger partial charge in [-0.2, -0.15) is 0 Å². The lowest BCUT2D eigenvalue weighted by Crippen LogP contribution is -2.39. The Hall–Kier alpha value is -1.82. The predicted octanol–water partition coefficient (Wildman–Crippen LogP) is 5.40. The summed E-state index contributed by atoms with van der Waals surface area (Å²) in [5.41, 5.74) is 2.10. The van der Waals surface area contributed by atoms with Crippen LogP contribution in [0.15, 0.2) is 41.8 Å². The average molecular weight is 430 g/mol. The summed E-state index contributed by atoms with van der Waals surface area (Å²) in [5, 5.41) is 6.95. The fourth-order valence-electron chi connectivity index (χ4n) is 4.24. The van der Waals surface area contributed by atoms with Gasteiger partial charge in [-0.1, -0.05) is 24.1 Å². The Morgan fingerprint density at radius 2 is 2.17 bits per heavy atom. The van der Waals surface area contributed by atoms with Gasteiger partial charge in [0.1, 0.15) is 6.54 Å². The molecule has 1 amide bonds. The molecule has 4 rings (SSSR count). The molecule has 154 valence electrons. The molecule has 0 aliphatic carbocycles. The van der Waals surface area contributed by atoms with Crippen LogP contribution in [0.1, 0.15) is 32.6 Å². The molecule has 29 heavy (non-hydrogen) atoms. The first-order valence-corrected chi connectivity index (χ1v) is 11.7. The molecule has 1 aliphatic heterocycles. The zero-order valence-electron chi connectivity index (χ0n) is 16.9. The van der Waals surface area contributed by atoms with Crippen LogP contribution < -0.4 is 5.32 Å². The van der Waals surface area contributed by atoms with Crippen LogP contribution in [0.5, 0.6) is 0 Å². The van der Waals surface area contributed by atoms with Crippen molar-refractivity contribution in [3.05, 3.63) is 46.8 Å². The van der Waals surface area contributed by atoms with Gasteiger partial charge in [-0.15, -0.1) is 11.3 Å².